The largest absolute Gasteiger partial charge is 0.369 e. The predicted molar refractivity (Wildman–Crippen MR) is 204 cm³/mol. The number of pyridine rings is 2. The molecule has 4 amide bonds. The summed E-state index contributed by atoms with van der Waals surface area (Å²) in [5, 5.41) is 6.46. The number of carbonyl (C=O) groups is 3. The molecule has 1 unspecified atom stereocenters. The van der Waals surface area contributed by atoms with Gasteiger partial charge in [0.1, 0.15) is 18.0 Å². The van der Waals surface area contributed by atoms with Crippen LogP contribution >= 0.6 is 0 Å². The van der Waals surface area contributed by atoms with E-state index in [1.165, 1.54) is 21.6 Å². The first kappa shape index (κ1) is 35.4. The minimum absolute atomic E-state index is 0.0365. The summed E-state index contributed by atoms with van der Waals surface area (Å²) >= 11 is 0. The predicted octanol–water partition coefficient (Wildman–Crippen LogP) is 4.71. The number of carbonyl (C=O) groups excluding carboxylic acids is 3. The van der Waals surface area contributed by atoms with Crippen LogP contribution in [0.1, 0.15) is 48.3 Å². The van der Waals surface area contributed by atoms with Gasteiger partial charge in [-0.3, -0.25) is 29.7 Å². The molecule has 278 valence electrons. The van der Waals surface area contributed by atoms with Gasteiger partial charge < -0.3 is 4.90 Å². The Labute approximate surface area is 316 Å². The summed E-state index contributed by atoms with van der Waals surface area (Å²) < 4.78 is 18.2. The number of hydrogen-bond acceptors (Lipinski definition) is 8. The van der Waals surface area contributed by atoms with Crippen molar-refractivity contribution in [2.75, 3.05) is 40.9 Å². The summed E-state index contributed by atoms with van der Waals surface area (Å²) in [7, 11) is 1.59. The van der Waals surface area contributed by atoms with Gasteiger partial charge in [0.25, 0.3) is 0 Å². The molecule has 5 aromatic rings. The smallest absolute Gasteiger partial charge is 0.350 e. The maximum Gasteiger partial charge on any atom is 0.350 e. The molecular weight excluding hydrogens is 702 g/mol. The molecule has 13 nitrogen and oxygen atoms in total. The van der Waals surface area contributed by atoms with Gasteiger partial charge in [-0.2, -0.15) is 5.10 Å². The molecule has 1 N–H and O–H groups in total. The molecule has 14 heteroatoms. The molecule has 1 atom stereocenters. The number of anilines is 3. The summed E-state index contributed by atoms with van der Waals surface area (Å²) in [5.74, 6) is 5.86. The van der Waals surface area contributed by atoms with Crippen molar-refractivity contribution in [1.82, 2.24) is 29.6 Å². The Hall–Kier alpha value is -6.62. The van der Waals surface area contributed by atoms with E-state index in [1.54, 1.807) is 53.6 Å². The van der Waals surface area contributed by atoms with Crippen LogP contribution in [0.25, 0.3) is 16.8 Å². The van der Waals surface area contributed by atoms with Crippen molar-refractivity contribution < 1.29 is 18.8 Å². The van der Waals surface area contributed by atoms with E-state index >= 15 is 4.39 Å². The molecule has 0 radical (unpaired) electrons. The lowest BCUT2D eigenvalue weighted by atomic mass is 9.90. The van der Waals surface area contributed by atoms with Gasteiger partial charge in [0.15, 0.2) is 0 Å². The minimum Gasteiger partial charge on any atom is -0.369 e. The molecule has 3 aliphatic heterocycles. The summed E-state index contributed by atoms with van der Waals surface area (Å²) in [6, 6.07) is 16.0. The van der Waals surface area contributed by atoms with Gasteiger partial charge in [0, 0.05) is 63.5 Å². The Morgan fingerprint density at radius 3 is 2.42 bits per heavy atom. The Morgan fingerprint density at radius 2 is 1.69 bits per heavy atom. The molecule has 8 rings (SSSR count). The summed E-state index contributed by atoms with van der Waals surface area (Å²) in [6.45, 7) is 4.10. The van der Waals surface area contributed by atoms with Gasteiger partial charge in [-0.15, -0.1) is 0 Å². The highest BCUT2D eigenvalue weighted by Gasteiger charge is 2.33. The van der Waals surface area contributed by atoms with Crippen molar-refractivity contribution >= 4 is 35.0 Å². The third-order valence-corrected chi connectivity index (χ3v) is 10.7. The number of aryl methyl sites for hydroxylation is 1. The normalized spacial score (nSPS) is 17.7. The molecule has 0 saturated carbocycles. The number of aromatic nitrogens is 5. The quantitative estimate of drug-likeness (QED) is 0.195. The van der Waals surface area contributed by atoms with Crippen LogP contribution in [0.2, 0.25) is 0 Å². The third kappa shape index (κ3) is 6.85. The molecule has 6 heterocycles. The van der Waals surface area contributed by atoms with Crippen LogP contribution in [-0.4, -0.2) is 68.3 Å². The second-order valence-corrected chi connectivity index (χ2v) is 14.0. The topological polar surface area (TPSA) is 139 Å². The van der Waals surface area contributed by atoms with E-state index in [4.69, 9.17) is 0 Å². The SMILES string of the molecule is Cc1c(-c2ccc(-n3cnn(C)c3=O)cc2C#CC2CCN(c3ccc(C4CCC(=O)NC4=O)cc3F)CC2)ccnc1N1CCN(c2cccnc2)C1=O. The van der Waals surface area contributed by atoms with Gasteiger partial charge >= 0.3 is 11.7 Å². The van der Waals surface area contributed by atoms with Crippen molar-refractivity contribution in [2.24, 2.45) is 13.0 Å². The molecule has 55 heavy (non-hydrogen) atoms. The maximum atomic E-state index is 15.4. The van der Waals surface area contributed by atoms with Crippen molar-refractivity contribution in [3.05, 3.63) is 113 Å². The Kier molecular flexibility index (Phi) is 9.44. The number of benzene rings is 2. The lowest BCUT2D eigenvalue weighted by Gasteiger charge is -2.32. The average molecular weight is 740 g/mol. The number of urea groups is 1. The summed E-state index contributed by atoms with van der Waals surface area (Å²) in [6.07, 6.45) is 8.53. The van der Waals surface area contributed by atoms with Crippen LogP contribution < -0.4 is 25.7 Å². The standard InChI is InChI=1S/C41H38FN9O4/c1-26-32(13-17-44-38(26)50-21-20-49(41(50)55)31-4-3-16-43-24-31)33-9-8-30(51-25-45-47(2)40(51)54)22-28(33)6-5-27-14-18-48(19-15-27)36-11-7-29(23-35(36)42)34-10-12-37(52)46-39(34)53/h3-4,7-9,11,13,16-17,22-25,27,34H,10,12,14-15,18-21H2,1-2H3,(H,46,52,53). The zero-order valence-electron chi connectivity index (χ0n) is 30.4. The van der Waals surface area contributed by atoms with Crippen molar-refractivity contribution in [3.8, 4) is 28.7 Å². The Balaban J connectivity index is 1.05. The van der Waals surface area contributed by atoms with Crippen LogP contribution in [0.3, 0.4) is 0 Å². The number of nitrogens with one attached hydrogen (secondary N) is 1. The maximum absolute atomic E-state index is 15.4. The van der Waals surface area contributed by atoms with E-state index in [9.17, 15) is 19.2 Å². The first-order chi connectivity index (χ1) is 26.7. The number of hydrogen-bond donors (Lipinski definition) is 1. The highest BCUT2D eigenvalue weighted by molar-refractivity contribution is 6.06. The van der Waals surface area contributed by atoms with Crippen molar-refractivity contribution in [2.45, 2.75) is 38.5 Å². The van der Waals surface area contributed by atoms with Crippen LogP contribution in [0.15, 0.2) is 84.3 Å². The number of amides is 4. The molecule has 3 fully saturated rings. The first-order valence-corrected chi connectivity index (χ1v) is 18.3. The zero-order valence-corrected chi connectivity index (χ0v) is 30.4. The van der Waals surface area contributed by atoms with E-state index in [0.29, 0.717) is 73.8 Å². The fourth-order valence-corrected chi connectivity index (χ4v) is 7.61. The highest BCUT2D eigenvalue weighted by Crippen LogP contribution is 2.35. The monoisotopic (exact) mass is 739 g/mol. The molecule has 0 aliphatic carbocycles. The molecular formula is C41H38FN9O4. The van der Waals surface area contributed by atoms with E-state index in [1.807, 2.05) is 42.2 Å². The van der Waals surface area contributed by atoms with E-state index in [-0.39, 0.29) is 30.0 Å². The fraction of sp³-hybridized carbons (Fsp3) is 0.293. The fourth-order valence-electron chi connectivity index (χ4n) is 7.61. The summed E-state index contributed by atoms with van der Waals surface area (Å²) in [5.41, 5.74) is 5.31. The number of halogens is 1. The van der Waals surface area contributed by atoms with E-state index in [2.05, 4.69) is 32.2 Å². The Morgan fingerprint density at radius 1 is 0.873 bits per heavy atom. The minimum atomic E-state index is -0.546. The van der Waals surface area contributed by atoms with Crippen LogP contribution in [0.5, 0.6) is 0 Å². The van der Waals surface area contributed by atoms with Gasteiger partial charge in [0.2, 0.25) is 11.8 Å². The van der Waals surface area contributed by atoms with E-state index < -0.39 is 17.6 Å². The molecule has 0 bridgehead atoms. The molecule has 3 aromatic heterocycles. The summed E-state index contributed by atoms with van der Waals surface area (Å²) in [4.78, 5) is 64.5. The van der Waals surface area contributed by atoms with Crippen molar-refractivity contribution in [3.63, 3.8) is 0 Å². The lowest BCUT2D eigenvalue weighted by Crippen LogP contribution is -2.39. The zero-order chi connectivity index (χ0) is 38.2. The second-order valence-electron chi connectivity index (χ2n) is 14.0. The molecule has 2 aromatic carbocycles. The van der Waals surface area contributed by atoms with Crippen LogP contribution in [0.4, 0.5) is 26.4 Å². The van der Waals surface area contributed by atoms with E-state index in [0.717, 1.165) is 22.4 Å². The number of nitrogens with zero attached hydrogens (tertiary/aromatic N) is 8. The number of rotatable bonds is 6. The average Bonchev–Trinajstić information content (AvgIpc) is 3.74. The molecule has 3 aliphatic rings. The number of imide groups is 1. The van der Waals surface area contributed by atoms with Gasteiger partial charge in [0.05, 0.1) is 29.2 Å². The van der Waals surface area contributed by atoms with Crippen LogP contribution in [-0.2, 0) is 16.6 Å². The molecule has 0 spiro atoms. The van der Waals surface area contributed by atoms with Crippen LogP contribution in [0, 0.1) is 30.5 Å². The third-order valence-electron chi connectivity index (χ3n) is 10.7. The first-order valence-electron chi connectivity index (χ1n) is 18.3. The van der Waals surface area contributed by atoms with Gasteiger partial charge in [-0.05, 0) is 90.9 Å². The molecule has 3 saturated heterocycles. The lowest BCUT2D eigenvalue weighted by molar-refractivity contribution is -0.134. The van der Waals surface area contributed by atoms with Crippen molar-refractivity contribution in [1.29, 1.82) is 0 Å². The number of piperidine rings is 2. The second kappa shape index (κ2) is 14.7. The van der Waals surface area contributed by atoms with Gasteiger partial charge in [-0.1, -0.05) is 24.0 Å². The van der Waals surface area contributed by atoms with Gasteiger partial charge in [-0.25, -0.2) is 28.2 Å². The highest BCUT2D eigenvalue weighted by atomic mass is 19.1. The Bertz CT molecular complexity index is 2440.